The maximum atomic E-state index is 13.3. The Labute approximate surface area is 94.3 Å². The van der Waals surface area contributed by atoms with Crippen LogP contribution in [0.25, 0.3) is 0 Å². The van der Waals surface area contributed by atoms with Gasteiger partial charge in [-0.1, -0.05) is 26.0 Å². The number of halogens is 3. The van der Waals surface area contributed by atoms with Crippen LogP contribution >= 0.6 is 11.6 Å². The van der Waals surface area contributed by atoms with Gasteiger partial charge in [0.15, 0.2) is 11.6 Å². The van der Waals surface area contributed by atoms with Crippen molar-refractivity contribution in [3.8, 4) is 0 Å². The minimum Gasteiger partial charge on any atom is -0.204 e. The van der Waals surface area contributed by atoms with E-state index in [0.29, 0.717) is 12.0 Å². The van der Waals surface area contributed by atoms with Gasteiger partial charge in [-0.2, -0.15) is 0 Å². The largest absolute Gasteiger partial charge is 0.204 e. The monoisotopic (exact) mass is 232 g/mol. The molecule has 0 amide bonds. The quantitative estimate of drug-likeness (QED) is 0.684. The van der Waals surface area contributed by atoms with Crippen LogP contribution in [0.3, 0.4) is 0 Å². The lowest BCUT2D eigenvalue weighted by molar-refractivity contribution is 0.474. The minimum absolute atomic E-state index is 0.00710. The van der Waals surface area contributed by atoms with Gasteiger partial charge >= 0.3 is 0 Å². The lowest BCUT2D eigenvalue weighted by Crippen LogP contribution is -2.14. The molecule has 2 unspecified atom stereocenters. The first kappa shape index (κ1) is 12.4. The lowest BCUT2D eigenvalue weighted by Gasteiger charge is -2.16. The molecule has 1 rings (SSSR count). The van der Waals surface area contributed by atoms with Crippen molar-refractivity contribution in [2.45, 2.75) is 32.1 Å². The molecule has 0 saturated heterocycles. The Kier molecular flexibility index (Phi) is 4.52. The van der Waals surface area contributed by atoms with E-state index in [-0.39, 0.29) is 11.3 Å². The number of rotatable bonds is 4. The predicted octanol–water partition coefficient (Wildman–Crippen LogP) is 4.16. The van der Waals surface area contributed by atoms with Gasteiger partial charge in [0, 0.05) is 5.38 Å². The van der Waals surface area contributed by atoms with E-state index < -0.39 is 11.6 Å². The molecule has 0 heterocycles. The van der Waals surface area contributed by atoms with Crippen LogP contribution in [0, 0.1) is 17.6 Å². The van der Waals surface area contributed by atoms with Gasteiger partial charge in [-0.05, 0) is 30.4 Å². The highest BCUT2D eigenvalue weighted by atomic mass is 35.5. The van der Waals surface area contributed by atoms with Crippen molar-refractivity contribution in [3.05, 3.63) is 35.4 Å². The molecule has 0 nitrogen and oxygen atoms in total. The molecule has 0 aliphatic heterocycles. The molecule has 0 N–H and O–H groups in total. The highest BCUT2D eigenvalue weighted by molar-refractivity contribution is 6.20. The fourth-order valence-electron chi connectivity index (χ4n) is 1.58. The molecular weight excluding hydrogens is 218 g/mol. The molecule has 0 saturated carbocycles. The summed E-state index contributed by atoms with van der Waals surface area (Å²) in [6.45, 7) is 3.93. The second kappa shape index (κ2) is 5.45. The first-order valence-corrected chi connectivity index (χ1v) is 5.56. The third kappa shape index (κ3) is 3.16. The van der Waals surface area contributed by atoms with E-state index in [4.69, 9.17) is 11.6 Å². The summed E-state index contributed by atoms with van der Waals surface area (Å²) < 4.78 is 26.2. The zero-order valence-corrected chi connectivity index (χ0v) is 9.69. The zero-order chi connectivity index (χ0) is 11.4. The number of hydrogen-bond acceptors (Lipinski definition) is 0. The van der Waals surface area contributed by atoms with Crippen LogP contribution in [0.15, 0.2) is 18.2 Å². The summed E-state index contributed by atoms with van der Waals surface area (Å²) in [7, 11) is 0. The maximum Gasteiger partial charge on any atom is 0.162 e. The average Bonchev–Trinajstić information content (AvgIpc) is 2.23. The standard InChI is InChI=1S/C12H15ClF2/c1-3-10(13)8(2)7-9-5-4-6-11(14)12(9)15/h4-6,8,10H,3,7H2,1-2H3. The van der Waals surface area contributed by atoms with Crippen LogP contribution in [0.4, 0.5) is 8.78 Å². The van der Waals surface area contributed by atoms with E-state index in [1.54, 1.807) is 6.07 Å². The topological polar surface area (TPSA) is 0 Å². The fourth-order valence-corrected chi connectivity index (χ4v) is 1.67. The molecule has 2 atom stereocenters. The van der Waals surface area contributed by atoms with Crippen LogP contribution in [-0.2, 0) is 6.42 Å². The van der Waals surface area contributed by atoms with Gasteiger partial charge in [0.25, 0.3) is 0 Å². The van der Waals surface area contributed by atoms with E-state index >= 15 is 0 Å². The van der Waals surface area contributed by atoms with Gasteiger partial charge in [0.05, 0.1) is 0 Å². The molecule has 0 fully saturated rings. The maximum absolute atomic E-state index is 13.3. The van der Waals surface area contributed by atoms with Gasteiger partial charge in [-0.15, -0.1) is 11.6 Å². The molecular formula is C12H15ClF2. The summed E-state index contributed by atoms with van der Waals surface area (Å²) in [6, 6.07) is 4.26. The Hall–Kier alpha value is -0.630. The van der Waals surface area contributed by atoms with Crippen molar-refractivity contribution in [2.75, 3.05) is 0 Å². The highest BCUT2D eigenvalue weighted by Crippen LogP contribution is 2.21. The van der Waals surface area contributed by atoms with Crippen LogP contribution in [0.5, 0.6) is 0 Å². The van der Waals surface area contributed by atoms with Crippen LogP contribution in [0.2, 0.25) is 0 Å². The molecule has 1 aromatic carbocycles. The van der Waals surface area contributed by atoms with E-state index in [1.807, 2.05) is 13.8 Å². The third-order valence-electron chi connectivity index (χ3n) is 2.58. The Morgan fingerprint density at radius 3 is 2.60 bits per heavy atom. The highest BCUT2D eigenvalue weighted by Gasteiger charge is 2.16. The van der Waals surface area contributed by atoms with Crippen LogP contribution in [0.1, 0.15) is 25.8 Å². The number of hydrogen-bond donors (Lipinski definition) is 0. The molecule has 84 valence electrons. The van der Waals surface area contributed by atoms with E-state index in [0.717, 1.165) is 12.5 Å². The minimum atomic E-state index is -0.790. The molecule has 15 heavy (non-hydrogen) atoms. The van der Waals surface area contributed by atoms with Crippen molar-refractivity contribution in [2.24, 2.45) is 5.92 Å². The normalized spacial score (nSPS) is 15.0. The Bertz CT molecular complexity index is 325. The van der Waals surface area contributed by atoms with Crippen molar-refractivity contribution in [1.82, 2.24) is 0 Å². The summed E-state index contributed by atoms with van der Waals surface area (Å²) in [6.07, 6.45) is 1.31. The predicted molar refractivity (Wildman–Crippen MR) is 59.2 cm³/mol. The molecule has 0 aliphatic rings. The first-order valence-electron chi connectivity index (χ1n) is 5.13. The molecule has 3 heteroatoms. The van der Waals surface area contributed by atoms with Gasteiger partial charge in [-0.3, -0.25) is 0 Å². The fraction of sp³-hybridized carbons (Fsp3) is 0.500. The van der Waals surface area contributed by atoms with Gasteiger partial charge < -0.3 is 0 Å². The van der Waals surface area contributed by atoms with E-state index in [9.17, 15) is 8.78 Å². The Morgan fingerprint density at radius 2 is 2.00 bits per heavy atom. The second-order valence-corrected chi connectivity index (χ2v) is 4.38. The molecule has 1 aromatic rings. The Balaban J connectivity index is 2.76. The Morgan fingerprint density at radius 1 is 1.33 bits per heavy atom. The summed E-state index contributed by atoms with van der Waals surface area (Å²) >= 11 is 6.04. The molecule has 0 radical (unpaired) electrons. The van der Waals surface area contributed by atoms with Gasteiger partial charge in [-0.25, -0.2) is 8.78 Å². The van der Waals surface area contributed by atoms with Gasteiger partial charge in [0.1, 0.15) is 0 Å². The molecule has 0 spiro atoms. The van der Waals surface area contributed by atoms with Crippen LogP contribution in [-0.4, -0.2) is 5.38 Å². The molecule has 0 aromatic heterocycles. The summed E-state index contributed by atoms with van der Waals surface area (Å²) in [4.78, 5) is 0. The zero-order valence-electron chi connectivity index (χ0n) is 8.93. The average molecular weight is 233 g/mol. The summed E-state index contributed by atoms with van der Waals surface area (Å²) in [5.41, 5.74) is 0.404. The van der Waals surface area contributed by atoms with Crippen molar-refractivity contribution in [3.63, 3.8) is 0 Å². The van der Waals surface area contributed by atoms with Crippen molar-refractivity contribution in [1.29, 1.82) is 0 Å². The third-order valence-corrected chi connectivity index (χ3v) is 3.32. The van der Waals surface area contributed by atoms with Gasteiger partial charge in [0.2, 0.25) is 0 Å². The van der Waals surface area contributed by atoms with E-state index in [1.165, 1.54) is 6.07 Å². The van der Waals surface area contributed by atoms with Crippen molar-refractivity contribution >= 4 is 11.6 Å². The number of benzene rings is 1. The molecule has 0 bridgehead atoms. The second-order valence-electron chi connectivity index (χ2n) is 3.82. The molecule has 0 aliphatic carbocycles. The summed E-state index contributed by atoms with van der Waals surface area (Å²) in [5, 5.41) is 0.00710. The number of alkyl halides is 1. The van der Waals surface area contributed by atoms with Crippen molar-refractivity contribution < 1.29 is 8.78 Å². The smallest absolute Gasteiger partial charge is 0.162 e. The first-order chi connectivity index (χ1) is 7.06. The summed E-state index contributed by atoms with van der Waals surface area (Å²) in [5.74, 6) is -1.39. The lowest BCUT2D eigenvalue weighted by atomic mass is 9.96. The van der Waals surface area contributed by atoms with Crippen LogP contribution < -0.4 is 0 Å². The SMILES string of the molecule is CCC(Cl)C(C)Cc1cccc(F)c1F. The van der Waals surface area contributed by atoms with E-state index in [2.05, 4.69) is 0 Å².